The second-order valence-electron chi connectivity index (χ2n) is 6.69. The number of rotatable bonds is 8. The third-order valence-corrected chi connectivity index (χ3v) is 4.83. The van der Waals surface area contributed by atoms with Gasteiger partial charge >= 0.3 is 5.69 Å². The number of ether oxygens (including phenoxy) is 2. The van der Waals surface area contributed by atoms with Crippen LogP contribution in [0.5, 0.6) is 17.2 Å². The summed E-state index contributed by atoms with van der Waals surface area (Å²) in [5.41, 5.74) is 0.343. The highest BCUT2D eigenvalue weighted by Crippen LogP contribution is 2.37. The van der Waals surface area contributed by atoms with E-state index in [-0.39, 0.29) is 36.0 Å². The van der Waals surface area contributed by atoms with Gasteiger partial charge in [0, 0.05) is 20.1 Å². The molecule has 0 atom stereocenters. The molecule has 0 saturated heterocycles. The van der Waals surface area contributed by atoms with E-state index in [4.69, 9.17) is 9.47 Å². The molecule has 0 fully saturated rings. The number of hydrogen-bond acceptors (Lipinski definition) is 6. The molecular weight excluding hydrogens is 400 g/mol. The van der Waals surface area contributed by atoms with Crippen LogP contribution in [0, 0.1) is 0 Å². The fourth-order valence-electron chi connectivity index (χ4n) is 3.29. The van der Waals surface area contributed by atoms with E-state index < -0.39 is 11.2 Å². The summed E-state index contributed by atoms with van der Waals surface area (Å²) in [5, 5.41) is 10.1. The maximum absolute atomic E-state index is 12.9. The number of phenolic OH excluding ortho intramolecular Hbond substituents is 1. The van der Waals surface area contributed by atoms with Gasteiger partial charge in [0.05, 0.1) is 14.2 Å². The van der Waals surface area contributed by atoms with Crippen molar-refractivity contribution >= 4 is 23.3 Å². The fourth-order valence-corrected chi connectivity index (χ4v) is 3.29. The molecule has 0 amide bonds. The van der Waals surface area contributed by atoms with Gasteiger partial charge in [-0.15, -0.1) is 13.2 Å². The van der Waals surface area contributed by atoms with Crippen molar-refractivity contribution in [2.75, 3.05) is 14.2 Å². The lowest BCUT2D eigenvalue weighted by Gasteiger charge is -2.09. The molecule has 2 heterocycles. The van der Waals surface area contributed by atoms with Gasteiger partial charge in [-0.2, -0.15) is 0 Å². The zero-order valence-electron chi connectivity index (χ0n) is 17.7. The minimum absolute atomic E-state index is 0.0915. The average Bonchev–Trinajstić information content (AvgIpc) is 3.09. The molecule has 0 bridgehead atoms. The van der Waals surface area contributed by atoms with Crippen LogP contribution in [0.4, 0.5) is 0 Å². The van der Waals surface area contributed by atoms with Crippen molar-refractivity contribution in [3.8, 4) is 17.2 Å². The Hall–Kier alpha value is -4.01. The van der Waals surface area contributed by atoms with E-state index in [0.29, 0.717) is 16.9 Å². The number of benzene rings is 1. The molecule has 162 valence electrons. The molecule has 0 aliphatic rings. The van der Waals surface area contributed by atoms with Gasteiger partial charge in [0.1, 0.15) is 5.82 Å². The van der Waals surface area contributed by atoms with Crippen LogP contribution < -0.4 is 20.7 Å². The molecule has 9 nitrogen and oxygen atoms in total. The van der Waals surface area contributed by atoms with E-state index in [1.807, 2.05) is 0 Å². The number of imidazole rings is 1. The van der Waals surface area contributed by atoms with E-state index in [2.05, 4.69) is 18.1 Å². The molecule has 1 N–H and O–H groups in total. The highest BCUT2D eigenvalue weighted by Gasteiger charge is 2.18. The Morgan fingerprint density at radius 2 is 1.61 bits per heavy atom. The van der Waals surface area contributed by atoms with Crippen LogP contribution in [0.25, 0.3) is 23.3 Å². The molecule has 0 radical (unpaired) electrons. The summed E-state index contributed by atoms with van der Waals surface area (Å²) in [4.78, 5) is 30.2. The molecular formula is C22H24N4O5. The Labute approximate surface area is 178 Å². The molecule has 0 unspecified atom stereocenters. The lowest BCUT2D eigenvalue weighted by molar-refractivity contribution is 0.340. The van der Waals surface area contributed by atoms with Crippen molar-refractivity contribution in [3.05, 3.63) is 69.7 Å². The molecule has 31 heavy (non-hydrogen) atoms. The summed E-state index contributed by atoms with van der Waals surface area (Å²) < 4.78 is 14.5. The quantitative estimate of drug-likeness (QED) is 0.556. The van der Waals surface area contributed by atoms with Crippen LogP contribution in [0.2, 0.25) is 0 Å². The minimum Gasteiger partial charge on any atom is -0.502 e. The highest BCUT2D eigenvalue weighted by atomic mass is 16.5. The number of aryl methyl sites for hydroxylation is 1. The summed E-state index contributed by atoms with van der Waals surface area (Å²) in [7, 11) is 4.59. The highest BCUT2D eigenvalue weighted by molar-refractivity contribution is 5.77. The van der Waals surface area contributed by atoms with E-state index >= 15 is 0 Å². The standard InChI is InChI=1S/C22H24N4O5/c1-6-10-25-20-18(21(28)26(11-7-2)22(25)29)24(3)17(23-20)9-8-14-12-15(30-4)19(27)16(13-14)31-5/h6-9,12-13,27H,1-2,10-11H2,3-5H3/b9-8+. The average molecular weight is 424 g/mol. The topological polar surface area (TPSA) is 101 Å². The van der Waals surface area contributed by atoms with Gasteiger partial charge in [-0.3, -0.25) is 13.9 Å². The maximum Gasteiger partial charge on any atom is 0.333 e. The maximum atomic E-state index is 12.9. The Bertz CT molecular complexity index is 1290. The van der Waals surface area contributed by atoms with Crippen LogP contribution in [0.15, 0.2) is 47.0 Å². The SMILES string of the molecule is C=CCn1c(=O)c2c(nc(/C=C/c3cc(OC)c(O)c(OC)c3)n2C)n(CC=C)c1=O. The van der Waals surface area contributed by atoms with Crippen molar-refractivity contribution < 1.29 is 14.6 Å². The zero-order valence-corrected chi connectivity index (χ0v) is 17.7. The number of hydrogen-bond donors (Lipinski definition) is 1. The predicted molar refractivity (Wildman–Crippen MR) is 120 cm³/mol. The molecule has 0 aliphatic heterocycles. The van der Waals surface area contributed by atoms with E-state index in [1.165, 1.54) is 24.9 Å². The smallest absolute Gasteiger partial charge is 0.333 e. The Morgan fingerprint density at radius 3 is 2.16 bits per heavy atom. The van der Waals surface area contributed by atoms with Crippen LogP contribution in [-0.4, -0.2) is 38.0 Å². The Morgan fingerprint density at radius 1 is 1.03 bits per heavy atom. The molecule has 2 aromatic heterocycles. The number of nitrogens with zero attached hydrogens (tertiary/aromatic N) is 4. The molecule has 9 heteroatoms. The van der Waals surface area contributed by atoms with Crippen molar-refractivity contribution in [2.45, 2.75) is 13.1 Å². The van der Waals surface area contributed by atoms with Crippen LogP contribution in [0.1, 0.15) is 11.4 Å². The van der Waals surface area contributed by atoms with Crippen molar-refractivity contribution in [1.29, 1.82) is 0 Å². The fraction of sp³-hybridized carbons (Fsp3) is 0.227. The second kappa shape index (κ2) is 8.78. The first-order chi connectivity index (χ1) is 14.9. The van der Waals surface area contributed by atoms with Gasteiger partial charge in [-0.1, -0.05) is 18.2 Å². The lowest BCUT2D eigenvalue weighted by Crippen LogP contribution is -2.40. The number of allylic oxidation sites excluding steroid dienone is 2. The van der Waals surface area contributed by atoms with Gasteiger partial charge in [-0.25, -0.2) is 9.78 Å². The molecule has 3 rings (SSSR count). The lowest BCUT2D eigenvalue weighted by atomic mass is 10.1. The molecule has 3 aromatic rings. The summed E-state index contributed by atoms with van der Waals surface area (Å²) in [5.74, 6) is 0.889. The third kappa shape index (κ3) is 3.77. The Balaban J connectivity index is 2.20. The van der Waals surface area contributed by atoms with E-state index in [9.17, 15) is 14.7 Å². The molecule has 1 aromatic carbocycles. The zero-order chi connectivity index (χ0) is 22.7. The summed E-state index contributed by atoms with van der Waals surface area (Å²) in [6, 6.07) is 3.28. The summed E-state index contributed by atoms with van der Waals surface area (Å²) in [6.45, 7) is 7.61. The van der Waals surface area contributed by atoms with Crippen molar-refractivity contribution in [2.24, 2.45) is 7.05 Å². The van der Waals surface area contributed by atoms with Gasteiger partial charge in [-0.05, 0) is 23.8 Å². The van der Waals surface area contributed by atoms with E-state index in [1.54, 1.807) is 42.0 Å². The van der Waals surface area contributed by atoms with Gasteiger partial charge < -0.3 is 19.1 Å². The Kier molecular flexibility index (Phi) is 6.15. The third-order valence-electron chi connectivity index (χ3n) is 4.83. The monoisotopic (exact) mass is 424 g/mol. The van der Waals surface area contributed by atoms with Gasteiger partial charge in [0.15, 0.2) is 22.7 Å². The van der Waals surface area contributed by atoms with Crippen molar-refractivity contribution in [3.63, 3.8) is 0 Å². The summed E-state index contributed by atoms with van der Waals surface area (Å²) in [6.07, 6.45) is 6.51. The molecule has 0 spiro atoms. The van der Waals surface area contributed by atoms with Gasteiger partial charge in [0.25, 0.3) is 5.56 Å². The van der Waals surface area contributed by atoms with E-state index in [0.717, 1.165) is 4.57 Å². The first-order valence-electron chi connectivity index (χ1n) is 9.42. The first kappa shape index (κ1) is 21.7. The largest absolute Gasteiger partial charge is 0.502 e. The number of methoxy groups -OCH3 is 2. The van der Waals surface area contributed by atoms with Gasteiger partial charge in [0.2, 0.25) is 5.75 Å². The van der Waals surface area contributed by atoms with Crippen LogP contribution >= 0.6 is 0 Å². The molecule has 0 saturated carbocycles. The number of fused-ring (bicyclic) bond motifs is 1. The molecule has 0 aliphatic carbocycles. The second-order valence-corrected chi connectivity index (χ2v) is 6.69. The number of phenols is 1. The summed E-state index contributed by atoms with van der Waals surface area (Å²) >= 11 is 0. The number of aromatic hydroxyl groups is 1. The minimum atomic E-state index is -0.473. The van der Waals surface area contributed by atoms with Crippen LogP contribution in [-0.2, 0) is 20.1 Å². The normalized spacial score (nSPS) is 11.2. The number of aromatic nitrogens is 4. The predicted octanol–water partition coefficient (Wildman–Crippen LogP) is 2.16. The van der Waals surface area contributed by atoms with Crippen molar-refractivity contribution in [1.82, 2.24) is 18.7 Å². The van der Waals surface area contributed by atoms with Crippen LogP contribution in [0.3, 0.4) is 0 Å². The first-order valence-corrected chi connectivity index (χ1v) is 9.42.